The van der Waals surface area contributed by atoms with Crippen LogP contribution in [0.2, 0.25) is 0 Å². The largest absolute Gasteiger partial charge is 0.356 e. The predicted molar refractivity (Wildman–Crippen MR) is 92.3 cm³/mol. The van der Waals surface area contributed by atoms with E-state index in [2.05, 4.69) is 35.9 Å². The van der Waals surface area contributed by atoms with Crippen molar-refractivity contribution in [3.05, 3.63) is 25.0 Å². The Morgan fingerprint density at radius 1 is 0.920 bits per heavy atom. The smallest absolute Gasteiger partial charge is 0.244 e. The molecule has 2 fully saturated rings. The number of carbonyl (C=O) groups excluding carboxylic acids is 1. The van der Waals surface area contributed by atoms with Gasteiger partial charge in [-0.05, 0) is 12.8 Å². The number of hydrogen-bond acceptors (Lipinski definition) is 7. The maximum atomic E-state index is 12.3. The number of amides is 1. The van der Waals surface area contributed by atoms with Gasteiger partial charge in [-0.2, -0.15) is 5.10 Å². The second-order valence-electron chi connectivity index (χ2n) is 6.39. The first-order chi connectivity index (χ1) is 12.3. The van der Waals surface area contributed by atoms with Gasteiger partial charge < -0.3 is 14.7 Å². The quantitative estimate of drug-likeness (QED) is 0.774. The Labute approximate surface area is 146 Å². The van der Waals surface area contributed by atoms with Crippen molar-refractivity contribution in [3.63, 3.8) is 0 Å². The Kier molecular flexibility index (Phi) is 4.45. The second kappa shape index (κ2) is 7.04. The molecule has 2 aliphatic rings. The highest BCUT2D eigenvalue weighted by Gasteiger charge is 2.23. The Balaban J connectivity index is 1.35. The summed E-state index contributed by atoms with van der Waals surface area (Å²) in [4.78, 5) is 31.4. The molecule has 0 bridgehead atoms. The van der Waals surface area contributed by atoms with Gasteiger partial charge in [0.05, 0.1) is 0 Å². The van der Waals surface area contributed by atoms with Crippen LogP contribution in [0.5, 0.6) is 0 Å². The molecular formula is C16H22N8O. The summed E-state index contributed by atoms with van der Waals surface area (Å²) in [5, 5.41) is 3.99. The molecule has 2 aliphatic heterocycles. The molecule has 0 spiro atoms. The van der Waals surface area contributed by atoms with Gasteiger partial charge in [0.1, 0.15) is 37.2 Å². The minimum Gasteiger partial charge on any atom is -0.356 e. The summed E-state index contributed by atoms with van der Waals surface area (Å²) in [6.07, 6.45) is 7.11. The molecule has 0 N–H and O–H groups in total. The molecule has 1 amide bonds. The molecule has 2 saturated heterocycles. The average Bonchev–Trinajstić information content (AvgIpc) is 3.36. The molecule has 0 unspecified atom stereocenters. The lowest BCUT2D eigenvalue weighted by atomic mass is 10.3. The van der Waals surface area contributed by atoms with Crippen molar-refractivity contribution in [3.8, 4) is 0 Å². The van der Waals surface area contributed by atoms with Crippen LogP contribution in [0.3, 0.4) is 0 Å². The van der Waals surface area contributed by atoms with Gasteiger partial charge in [-0.25, -0.2) is 19.6 Å². The Bertz CT molecular complexity index is 705. The maximum Gasteiger partial charge on any atom is 0.244 e. The fourth-order valence-corrected chi connectivity index (χ4v) is 3.37. The van der Waals surface area contributed by atoms with Gasteiger partial charge in [-0.3, -0.25) is 4.79 Å². The molecule has 2 aromatic rings. The van der Waals surface area contributed by atoms with Crippen molar-refractivity contribution >= 4 is 17.5 Å². The minimum atomic E-state index is 0.0746. The van der Waals surface area contributed by atoms with Gasteiger partial charge >= 0.3 is 0 Å². The van der Waals surface area contributed by atoms with Gasteiger partial charge in [-0.1, -0.05) is 0 Å². The zero-order valence-corrected chi connectivity index (χ0v) is 14.2. The van der Waals surface area contributed by atoms with E-state index in [0.29, 0.717) is 13.1 Å². The first-order valence-electron chi connectivity index (χ1n) is 8.72. The molecule has 132 valence electrons. The number of anilines is 2. The number of rotatable bonds is 4. The van der Waals surface area contributed by atoms with E-state index in [1.165, 1.54) is 19.2 Å². The van der Waals surface area contributed by atoms with Crippen molar-refractivity contribution in [2.75, 3.05) is 49.1 Å². The molecule has 4 rings (SSSR count). The lowest BCUT2D eigenvalue weighted by Gasteiger charge is -2.35. The van der Waals surface area contributed by atoms with E-state index in [4.69, 9.17) is 0 Å². The minimum absolute atomic E-state index is 0.0746. The van der Waals surface area contributed by atoms with Crippen LogP contribution >= 0.6 is 0 Å². The van der Waals surface area contributed by atoms with Crippen LogP contribution in [0.15, 0.2) is 25.0 Å². The molecule has 0 aromatic carbocycles. The number of nitrogens with zero attached hydrogens (tertiary/aromatic N) is 8. The van der Waals surface area contributed by atoms with Crippen molar-refractivity contribution < 1.29 is 4.79 Å². The van der Waals surface area contributed by atoms with E-state index in [0.717, 1.165) is 37.8 Å². The lowest BCUT2D eigenvalue weighted by molar-refractivity contribution is -0.132. The SMILES string of the molecule is O=C(Cn1cncn1)N1CCN(c2cc(N3CCCC3)ncn2)CC1. The Morgan fingerprint density at radius 2 is 1.60 bits per heavy atom. The molecule has 0 radical (unpaired) electrons. The topological polar surface area (TPSA) is 83.3 Å². The van der Waals surface area contributed by atoms with E-state index in [1.807, 2.05) is 4.90 Å². The molecule has 4 heterocycles. The number of hydrogen-bond donors (Lipinski definition) is 0. The van der Waals surface area contributed by atoms with Crippen LogP contribution < -0.4 is 9.80 Å². The number of aromatic nitrogens is 5. The lowest BCUT2D eigenvalue weighted by Crippen LogP contribution is -2.50. The van der Waals surface area contributed by atoms with Gasteiger partial charge in [-0.15, -0.1) is 0 Å². The van der Waals surface area contributed by atoms with E-state index < -0.39 is 0 Å². The summed E-state index contributed by atoms with van der Waals surface area (Å²) in [6.45, 7) is 5.32. The van der Waals surface area contributed by atoms with Crippen LogP contribution in [-0.4, -0.2) is 74.8 Å². The molecule has 25 heavy (non-hydrogen) atoms. The summed E-state index contributed by atoms with van der Waals surface area (Å²) in [5.41, 5.74) is 0. The van der Waals surface area contributed by atoms with Gasteiger partial charge in [0.15, 0.2) is 0 Å². The fourth-order valence-electron chi connectivity index (χ4n) is 3.37. The highest BCUT2D eigenvalue weighted by Crippen LogP contribution is 2.22. The standard InChI is InChI=1S/C16H22N8O/c25-16(10-24-13-17-11-20-24)23-7-5-22(6-8-23)15-9-14(18-12-19-15)21-3-1-2-4-21/h9,11-13H,1-8,10H2. The second-order valence-corrected chi connectivity index (χ2v) is 6.39. The molecule has 0 aliphatic carbocycles. The summed E-state index contributed by atoms with van der Waals surface area (Å²) < 4.78 is 1.56. The molecule has 2 aromatic heterocycles. The van der Waals surface area contributed by atoms with Crippen LogP contribution in [0.25, 0.3) is 0 Å². The molecule has 0 saturated carbocycles. The van der Waals surface area contributed by atoms with Crippen LogP contribution in [0.4, 0.5) is 11.6 Å². The van der Waals surface area contributed by atoms with Crippen LogP contribution in [0.1, 0.15) is 12.8 Å². The number of piperazine rings is 1. The average molecular weight is 342 g/mol. The number of carbonyl (C=O) groups is 1. The monoisotopic (exact) mass is 342 g/mol. The Hall–Kier alpha value is -2.71. The third-order valence-electron chi connectivity index (χ3n) is 4.79. The summed E-state index contributed by atoms with van der Waals surface area (Å²) >= 11 is 0. The first kappa shape index (κ1) is 15.8. The van der Waals surface area contributed by atoms with Crippen LogP contribution in [0, 0.1) is 0 Å². The van der Waals surface area contributed by atoms with E-state index >= 15 is 0 Å². The van der Waals surface area contributed by atoms with Crippen molar-refractivity contribution in [2.45, 2.75) is 19.4 Å². The summed E-state index contributed by atoms with van der Waals surface area (Å²) in [5.74, 6) is 2.03. The van der Waals surface area contributed by atoms with Gasteiger partial charge in [0, 0.05) is 45.3 Å². The first-order valence-corrected chi connectivity index (χ1v) is 8.72. The molecular weight excluding hydrogens is 320 g/mol. The maximum absolute atomic E-state index is 12.3. The van der Waals surface area contributed by atoms with E-state index in [-0.39, 0.29) is 12.5 Å². The highest BCUT2D eigenvalue weighted by atomic mass is 16.2. The zero-order valence-electron chi connectivity index (χ0n) is 14.2. The van der Waals surface area contributed by atoms with Gasteiger partial charge in [0.2, 0.25) is 5.91 Å². The molecule has 0 atom stereocenters. The van der Waals surface area contributed by atoms with Gasteiger partial charge in [0.25, 0.3) is 0 Å². The van der Waals surface area contributed by atoms with Crippen molar-refractivity contribution in [1.29, 1.82) is 0 Å². The Morgan fingerprint density at radius 3 is 2.24 bits per heavy atom. The normalized spacial score (nSPS) is 18.0. The van der Waals surface area contributed by atoms with E-state index in [9.17, 15) is 4.79 Å². The van der Waals surface area contributed by atoms with Crippen molar-refractivity contribution in [2.24, 2.45) is 0 Å². The third-order valence-corrected chi connectivity index (χ3v) is 4.79. The predicted octanol–water partition coefficient (Wildman–Crippen LogP) is 0.0171. The molecule has 9 nitrogen and oxygen atoms in total. The highest BCUT2D eigenvalue weighted by molar-refractivity contribution is 5.76. The fraction of sp³-hybridized carbons (Fsp3) is 0.562. The van der Waals surface area contributed by atoms with Crippen LogP contribution in [-0.2, 0) is 11.3 Å². The zero-order chi connectivity index (χ0) is 17.1. The van der Waals surface area contributed by atoms with E-state index in [1.54, 1.807) is 17.3 Å². The summed E-state index contributed by atoms with van der Waals surface area (Å²) in [7, 11) is 0. The third kappa shape index (κ3) is 3.54. The molecule has 9 heteroatoms. The van der Waals surface area contributed by atoms with Crippen molar-refractivity contribution in [1.82, 2.24) is 29.6 Å². The summed E-state index contributed by atoms with van der Waals surface area (Å²) in [6, 6.07) is 2.07.